The first-order chi connectivity index (χ1) is 10.2. The van der Waals surface area contributed by atoms with Crippen LogP contribution < -0.4 is 0 Å². The minimum absolute atomic E-state index is 0.0140. The molecule has 2 bridgehead atoms. The zero-order chi connectivity index (χ0) is 16.2. The Kier molecular flexibility index (Phi) is 3.41. The first-order valence-corrected chi connectivity index (χ1v) is 8.18. The largest absolute Gasteiger partial charge is 0.459 e. The highest BCUT2D eigenvalue weighted by Crippen LogP contribution is 2.66. The molecular formula is C19H26O3. The molecule has 2 saturated carbocycles. The lowest BCUT2D eigenvalue weighted by atomic mass is 9.70. The summed E-state index contributed by atoms with van der Waals surface area (Å²) in [5.41, 5.74) is -0.812. The Morgan fingerprint density at radius 3 is 2.41 bits per heavy atom. The number of aliphatic hydroxyl groups is 1. The van der Waals surface area contributed by atoms with E-state index in [9.17, 15) is 9.90 Å². The average Bonchev–Trinajstić information content (AvgIpc) is 2.81. The van der Waals surface area contributed by atoms with Crippen molar-refractivity contribution < 1.29 is 14.6 Å². The molecular weight excluding hydrogens is 276 g/mol. The van der Waals surface area contributed by atoms with Crippen LogP contribution in [0.15, 0.2) is 30.3 Å². The number of rotatable bonds is 3. The smallest absolute Gasteiger partial charge is 0.342 e. The molecule has 4 atom stereocenters. The molecule has 3 rings (SSSR count). The molecule has 2 fully saturated rings. The van der Waals surface area contributed by atoms with Crippen molar-refractivity contribution in [1.29, 1.82) is 0 Å². The van der Waals surface area contributed by atoms with Crippen LogP contribution in [0.4, 0.5) is 0 Å². The van der Waals surface area contributed by atoms with E-state index in [-0.39, 0.29) is 16.9 Å². The maximum absolute atomic E-state index is 12.6. The van der Waals surface area contributed by atoms with Gasteiger partial charge in [0.05, 0.1) is 0 Å². The summed E-state index contributed by atoms with van der Waals surface area (Å²) in [5, 5.41) is 10.6. The second-order valence-electron chi connectivity index (χ2n) is 7.94. The Morgan fingerprint density at radius 2 is 1.91 bits per heavy atom. The summed E-state index contributed by atoms with van der Waals surface area (Å²) in [7, 11) is 0. The zero-order valence-corrected chi connectivity index (χ0v) is 13.9. The second-order valence-corrected chi connectivity index (χ2v) is 7.94. The van der Waals surface area contributed by atoms with Crippen molar-refractivity contribution in [1.82, 2.24) is 0 Å². The molecule has 120 valence electrons. The van der Waals surface area contributed by atoms with Gasteiger partial charge < -0.3 is 9.84 Å². The SMILES string of the molecule is CC1(C)[C@@H]2CC[C@@]1(C)[C@@H](OC(=O)[C@@](C)(O)c1ccccc1)C2. The molecule has 3 heteroatoms. The predicted molar refractivity (Wildman–Crippen MR) is 85.1 cm³/mol. The van der Waals surface area contributed by atoms with Crippen LogP contribution >= 0.6 is 0 Å². The molecule has 22 heavy (non-hydrogen) atoms. The van der Waals surface area contributed by atoms with Crippen LogP contribution in [0, 0.1) is 16.7 Å². The normalized spacial score (nSPS) is 35.1. The van der Waals surface area contributed by atoms with Gasteiger partial charge in [-0.25, -0.2) is 4.79 Å². The van der Waals surface area contributed by atoms with Crippen molar-refractivity contribution >= 4 is 5.97 Å². The minimum atomic E-state index is -1.59. The number of carbonyl (C=O) groups is 1. The fourth-order valence-electron chi connectivity index (χ4n) is 4.43. The van der Waals surface area contributed by atoms with Gasteiger partial charge in [-0.3, -0.25) is 0 Å². The van der Waals surface area contributed by atoms with E-state index in [2.05, 4.69) is 20.8 Å². The van der Waals surface area contributed by atoms with Crippen LogP contribution in [0.5, 0.6) is 0 Å². The van der Waals surface area contributed by atoms with Gasteiger partial charge in [0, 0.05) is 5.41 Å². The predicted octanol–water partition coefficient (Wildman–Crippen LogP) is 3.65. The highest BCUT2D eigenvalue weighted by molar-refractivity contribution is 5.80. The second kappa shape index (κ2) is 4.82. The third kappa shape index (κ3) is 2.02. The number of ether oxygens (including phenoxy) is 1. The van der Waals surface area contributed by atoms with Gasteiger partial charge in [-0.2, -0.15) is 0 Å². The van der Waals surface area contributed by atoms with E-state index in [1.807, 2.05) is 18.2 Å². The van der Waals surface area contributed by atoms with Gasteiger partial charge >= 0.3 is 5.97 Å². The van der Waals surface area contributed by atoms with Crippen LogP contribution in [0.1, 0.15) is 52.5 Å². The van der Waals surface area contributed by atoms with Crippen LogP contribution in [-0.2, 0) is 15.1 Å². The standard InChI is InChI=1S/C19H26O3/c1-17(2)14-10-11-18(17,3)15(12-14)22-16(20)19(4,21)13-8-6-5-7-9-13/h5-9,14-15,21H,10-12H2,1-4H3/t14-,15+,18+,19+/m1/s1. The van der Waals surface area contributed by atoms with Crippen molar-refractivity contribution in [3.8, 4) is 0 Å². The Morgan fingerprint density at radius 1 is 1.27 bits per heavy atom. The maximum Gasteiger partial charge on any atom is 0.342 e. The summed E-state index contributed by atoms with van der Waals surface area (Å²) in [4.78, 5) is 12.6. The summed E-state index contributed by atoms with van der Waals surface area (Å²) in [6.45, 7) is 8.32. The number of hydrogen-bond acceptors (Lipinski definition) is 3. The molecule has 0 radical (unpaired) electrons. The van der Waals surface area contributed by atoms with E-state index >= 15 is 0 Å². The number of esters is 1. The van der Waals surface area contributed by atoms with Crippen molar-refractivity contribution in [2.45, 2.75) is 58.7 Å². The number of benzene rings is 1. The van der Waals surface area contributed by atoms with Crippen molar-refractivity contribution in [3.63, 3.8) is 0 Å². The summed E-state index contributed by atoms with van der Waals surface area (Å²) in [6.07, 6.45) is 3.13. The number of fused-ring (bicyclic) bond motifs is 2. The van der Waals surface area contributed by atoms with Crippen LogP contribution in [0.25, 0.3) is 0 Å². The molecule has 1 N–H and O–H groups in total. The minimum Gasteiger partial charge on any atom is -0.459 e. The third-order valence-corrected chi connectivity index (χ3v) is 6.70. The van der Waals surface area contributed by atoms with E-state index in [1.54, 1.807) is 12.1 Å². The number of hydrogen-bond donors (Lipinski definition) is 1. The highest BCUT2D eigenvalue weighted by atomic mass is 16.6. The fourth-order valence-corrected chi connectivity index (χ4v) is 4.43. The van der Waals surface area contributed by atoms with E-state index in [0.29, 0.717) is 11.5 Å². The highest BCUT2D eigenvalue weighted by Gasteiger charge is 2.63. The molecule has 1 aromatic rings. The molecule has 0 heterocycles. The van der Waals surface area contributed by atoms with Crippen LogP contribution in [0.3, 0.4) is 0 Å². The van der Waals surface area contributed by atoms with E-state index in [0.717, 1.165) is 12.8 Å². The lowest BCUT2D eigenvalue weighted by Gasteiger charge is -2.39. The van der Waals surface area contributed by atoms with Crippen LogP contribution in [-0.4, -0.2) is 17.2 Å². The first kappa shape index (κ1) is 15.5. The van der Waals surface area contributed by atoms with E-state index in [1.165, 1.54) is 13.3 Å². The quantitative estimate of drug-likeness (QED) is 0.867. The molecule has 0 unspecified atom stereocenters. The van der Waals surface area contributed by atoms with Crippen LogP contribution in [0.2, 0.25) is 0 Å². The molecule has 3 nitrogen and oxygen atoms in total. The third-order valence-electron chi connectivity index (χ3n) is 6.70. The molecule has 2 aliphatic rings. The van der Waals surface area contributed by atoms with Gasteiger partial charge in [0.15, 0.2) is 5.60 Å². The maximum atomic E-state index is 12.6. The Balaban J connectivity index is 1.79. The zero-order valence-electron chi connectivity index (χ0n) is 13.9. The lowest BCUT2D eigenvalue weighted by molar-refractivity contribution is -0.178. The Bertz CT molecular complexity index is 576. The average molecular weight is 302 g/mol. The molecule has 1 aromatic carbocycles. The van der Waals surface area contributed by atoms with Crippen molar-refractivity contribution in [2.75, 3.05) is 0 Å². The van der Waals surface area contributed by atoms with Gasteiger partial charge in [0.2, 0.25) is 0 Å². The summed E-state index contributed by atoms with van der Waals surface area (Å²) in [5.74, 6) is 0.0743. The van der Waals surface area contributed by atoms with E-state index < -0.39 is 11.6 Å². The molecule has 0 amide bonds. The van der Waals surface area contributed by atoms with Gasteiger partial charge in [0.25, 0.3) is 0 Å². The van der Waals surface area contributed by atoms with Gasteiger partial charge in [0.1, 0.15) is 6.10 Å². The summed E-state index contributed by atoms with van der Waals surface area (Å²) in [6, 6.07) is 9.02. The molecule has 0 spiro atoms. The van der Waals surface area contributed by atoms with Gasteiger partial charge in [-0.15, -0.1) is 0 Å². The summed E-state index contributed by atoms with van der Waals surface area (Å²) < 4.78 is 5.81. The molecule has 2 aliphatic carbocycles. The monoisotopic (exact) mass is 302 g/mol. The number of carbonyl (C=O) groups excluding carboxylic acids is 1. The first-order valence-electron chi connectivity index (χ1n) is 8.18. The van der Waals surface area contributed by atoms with Gasteiger partial charge in [-0.05, 0) is 43.1 Å². The van der Waals surface area contributed by atoms with E-state index in [4.69, 9.17) is 4.74 Å². The Labute approximate surface area is 132 Å². The van der Waals surface area contributed by atoms with Gasteiger partial charge in [-0.1, -0.05) is 51.1 Å². The van der Waals surface area contributed by atoms with Crippen molar-refractivity contribution in [2.24, 2.45) is 16.7 Å². The fraction of sp³-hybridized carbons (Fsp3) is 0.632. The molecule has 0 saturated heterocycles. The van der Waals surface area contributed by atoms with Crippen molar-refractivity contribution in [3.05, 3.63) is 35.9 Å². The lowest BCUT2D eigenvalue weighted by Crippen LogP contribution is -2.43. The molecule has 0 aromatic heterocycles. The Hall–Kier alpha value is -1.35. The topological polar surface area (TPSA) is 46.5 Å². The summed E-state index contributed by atoms with van der Waals surface area (Å²) >= 11 is 0. The molecule has 0 aliphatic heterocycles.